The summed E-state index contributed by atoms with van der Waals surface area (Å²) >= 11 is 1.63. The molecule has 0 radical (unpaired) electrons. The predicted molar refractivity (Wildman–Crippen MR) is 93.5 cm³/mol. The van der Waals surface area contributed by atoms with Crippen molar-refractivity contribution in [2.24, 2.45) is 5.73 Å². The zero-order chi connectivity index (χ0) is 16.2. The lowest BCUT2D eigenvalue weighted by molar-refractivity contribution is 0.318. The number of aromatic nitrogens is 1. The van der Waals surface area contributed by atoms with Crippen LogP contribution in [0.3, 0.4) is 0 Å². The lowest BCUT2D eigenvalue weighted by Crippen LogP contribution is -2.01. The number of rotatable bonds is 5. The van der Waals surface area contributed by atoms with Crippen molar-refractivity contribution in [3.63, 3.8) is 0 Å². The number of hydrogen-bond acceptors (Lipinski definition) is 4. The van der Waals surface area contributed by atoms with Crippen molar-refractivity contribution in [3.8, 4) is 16.3 Å². The summed E-state index contributed by atoms with van der Waals surface area (Å²) in [6, 6.07) is 13.9. The maximum atomic E-state index is 13.3. The Kier molecular flexibility index (Phi) is 4.69. The fourth-order valence-electron chi connectivity index (χ4n) is 2.16. The molecule has 0 spiro atoms. The molecule has 0 amide bonds. The Morgan fingerprint density at radius 2 is 2.04 bits per heavy atom. The number of ether oxygens (including phenoxy) is 1. The molecule has 118 valence electrons. The molecule has 0 saturated heterocycles. The highest BCUT2D eigenvalue weighted by molar-refractivity contribution is 7.21. The summed E-state index contributed by atoms with van der Waals surface area (Å²) < 4.78 is 19.8. The Bertz CT molecular complexity index is 840. The lowest BCUT2D eigenvalue weighted by Gasteiger charge is -2.03. The highest BCUT2D eigenvalue weighted by Gasteiger charge is 2.08. The highest BCUT2D eigenvalue weighted by atomic mass is 32.1. The molecule has 2 N–H and O–H groups in total. The quantitative estimate of drug-likeness (QED) is 0.752. The molecule has 0 atom stereocenters. The molecule has 0 aliphatic carbocycles. The van der Waals surface area contributed by atoms with Crippen LogP contribution in [-0.4, -0.2) is 18.1 Å². The lowest BCUT2D eigenvalue weighted by atomic mass is 10.2. The van der Waals surface area contributed by atoms with E-state index in [0.717, 1.165) is 20.8 Å². The van der Waals surface area contributed by atoms with Gasteiger partial charge in [0.15, 0.2) is 0 Å². The summed E-state index contributed by atoms with van der Waals surface area (Å²) in [4.78, 5) is 4.65. The van der Waals surface area contributed by atoms with E-state index in [4.69, 9.17) is 10.5 Å². The van der Waals surface area contributed by atoms with Crippen LogP contribution in [0.1, 0.15) is 5.56 Å². The molecule has 0 fully saturated rings. The first-order valence-corrected chi connectivity index (χ1v) is 8.12. The second kappa shape index (κ2) is 6.89. The van der Waals surface area contributed by atoms with E-state index < -0.39 is 0 Å². The van der Waals surface area contributed by atoms with Gasteiger partial charge in [-0.2, -0.15) is 0 Å². The molecular weight excluding hydrogens is 311 g/mol. The van der Waals surface area contributed by atoms with Gasteiger partial charge in [-0.15, -0.1) is 11.3 Å². The highest BCUT2D eigenvalue weighted by Crippen LogP contribution is 2.32. The number of benzene rings is 2. The minimum atomic E-state index is -0.369. The van der Waals surface area contributed by atoms with Crippen molar-refractivity contribution in [2.75, 3.05) is 13.2 Å². The smallest absolute Gasteiger partial charge is 0.139 e. The molecule has 2 aromatic carbocycles. The number of fused-ring (bicyclic) bond motifs is 1. The van der Waals surface area contributed by atoms with Crippen LogP contribution in [0.2, 0.25) is 0 Å². The molecule has 1 heterocycles. The monoisotopic (exact) mass is 328 g/mol. The maximum absolute atomic E-state index is 13.3. The summed E-state index contributed by atoms with van der Waals surface area (Å²) in [7, 11) is 0. The first kappa shape index (κ1) is 15.6. The Balaban J connectivity index is 1.83. The molecule has 1 aromatic heterocycles. The number of nitrogens with two attached hydrogens (primary N) is 1. The average Bonchev–Trinajstić information content (AvgIpc) is 2.97. The standard InChI is InChI=1S/C18H17FN2OS/c1-12-2-4-13(5-3-12)18-21-16-10-15(6-7-17(16)23-18)22-11-14(19)8-9-20/h2-8,10H,9,11,20H2,1H3/b14-8-. The number of hydrogen-bond donors (Lipinski definition) is 1. The van der Waals surface area contributed by atoms with Gasteiger partial charge in [-0.25, -0.2) is 9.37 Å². The van der Waals surface area contributed by atoms with E-state index in [0.29, 0.717) is 5.75 Å². The van der Waals surface area contributed by atoms with Gasteiger partial charge in [0.1, 0.15) is 23.2 Å². The van der Waals surface area contributed by atoms with Crippen molar-refractivity contribution in [1.82, 2.24) is 4.98 Å². The van der Waals surface area contributed by atoms with Crippen molar-refractivity contribution in [2.45, 2.75) is 6.92 Å². The average molecular weight is 328 g/mol. The van der Waals surface area contributed by atoms with Crippen LogP contribution >= 0.6 is 11.3 Å². The molecule has 0 saturated carbocycles. The first-order valence-electron chi connectivity index (χ1n) is 7.31. The molecule has 0 bridgehead atoms. The van der Waals surface area contributed by atoms with E-state index in [1.807, 2.05) is 18.2 Å². The van der Waals surface area contributed by atoms with Crippen LogP contribution in [0.4, 0.5) is 4.39 Å². The van der Waals surface area contributed by atoms with Gasteiger partial charge in [-0.05, 0) is 25.1 Å². The molecule has 23 heavy (non-hydrogen) atoms. The van der Waals surface area contributed by atoms with Crippen LogP contribution in [0.25, 0.3) is 20.8 Å². The van der Waals surface area contributed by atoms with Gasteiger partial charge in [-0.3, -0.25) is 0 Å². The minimum absolute atomic E-state index is 0.113. The number of nitrogens with zero attached hydrogens (tertiary/aromatic N) is 1. The zero-order valence-corrected chi connectivity index (χ0v) is 13.6. The Morgan fingerprint density at radius 3 is 2.78 bits per heavy atom. The Morgan fingerprint density at radius 1 is 1.26 bits per heavy atom. The molecular formula is C18H17FN2OS. The largest absolute Gasteiger partial charge is 0.486 e. The summed E-state index contributed by atoms with van der Waals surface area (Å²) in [5.41, 5.74) is 8.43. The normalized spacial score (nSPS) is 11.9. The van der Waals surface area contributed by atoms with E-state index in [1.165, 1.54) is 11.6 Å². The van der Waals surface area contributed by atoms with Crippen LogP contribution in [-0.2, 0) is 0 Å². The van der Waals surface area contributed by atoms with Gasteiger partial charge in [-0.1, -0.05) is 29.8 Å². The van der Waals surface area contributed by atoms with E-state index in [9.17, 15) is 4.39 Å². The van der Waals surface area contributed by atoms with Gasteiger partial charge in [0.25, 0.3) is 0 Å². The SMILES string of the molecule is Cc1ccc(-c2nc3cc(OC/C(F)=C/CN)ccc3s2)cc1. The molecule has 3 aromatic rings. The third-order valence-corrected chi connectivity index (χ3v) is 4.46. The molecule has 5 heteroatoms. The topological polar surface area (TPSA) is 48.1 Å². The number of thiazole rings is 1. The maximum Gasteiger partial charge on any atom is 0.139 e. The fraction of sp³-hybridized carbons (Fsp3) is 0.167. The van der Waals surface area contributed by atoms with Crippen LogP contribution in [0.15, 0.2) is 54.4 Å². The van der Waals surface area contributed by atoms with Crippen LogP contribution in [0, 0.1) is 6.92 Å². The van der Waals surface area contributed by atoms with E-state index in [-0.39, 0.29) is 19.0 Å². The van der Waals surface area contributed by atoms with Gasteiger partial charge in [0, 0.05) is 18.2 Å². The van der Waals surface area contributed by atoms with Gasteiger partial charge < -0.3 is 10.5 Å². The van der Waals surface area contributed by atoms with E-state index in [2.05, 4.69) is 36.2 Å². The summed E-state index contributed by atoms with van der Waals surface area (Å²) in [6.45, 7) is 2.11. The van der Waals surface area contributed by atoms with Crippen molar-refractivity contribution < 1.29 is 9.13 Å². The number of aryl methyl sites for hydroxylation is 1. The number of halogens is 1. The Labute approximate surface area is 138 Å². The van der Waals surface area contributed by atoms with Gasteiger partial charge in [0.2, 0.25) is 0 Å². The molecule has 0 aliphatic heterocycles. The molecule has 3 nitrogen and oxygen atoms in total. The third-order valence-electron chi connectivity index (χ3n) is 3.37. The summed E-state index contributed by atoms with van der Waals surface area (Å²) in [5, 5.41) is 0.964. The fourth-order valence-corrected chi connectivity index (χ4v) is 3.11. The third kappa shape index (κ3) is 3.75. The summed E-state index contributed by atoms with van der Waals surface area (Å²) in [5.74, 6) is 0.227. The predicted octanol–water partition coefficient (Wildman–Crippen LogP) is 4.46. The van der Waals surface area contributed by atoms with Gasteiger partial charge in [0.05, 0.1) is 10.2 Å². The van der Waals surface area contributed by atoms with E-state index >= 15 is 0 Å². The van der Waals surface area contributed by atoms with Crippen LogP contribution < -0.4 is 10.5 Å². The zero-order valence-electron chi connectivity index (χ0n) is 12.8. The minimum Gasteiger partial charge on any atom is -0.486 e. The van der Waals surface area contributed by atoms with Crippen LogP contribution in [0.5, 0.6) is 5.75 Å². The summed E-state index contributed by atoms with van der Waals surface area (Å²) in [6.07, 6.45) is 1.30. The second-order valence-corrected chi connectivity index (χ2v) is 6.22. The van der Waals surface area contributed by atoms with Crippen molar-refractivity contribution in [1.29, 1.82) is 0 Å². The molecule has 0 aliphatic rings. The van der Waals surface area contributed by atoms with Gasteiger partial charge >= 0.3 is 0 Å². The van der Waals surface area contributed by atoms with Crippen molar-refractivity contribution >= 4 is 21.6 Å². The van der Waals surface area contributed by atoms with Crippen molar-refractivity contribution in [3.05, 3.63) is 59.9 Å². The second-order valence-electron chi connectivity index (χ2n) is 5.19. The molecule has 0 unspecified atom stereocenters. The Hall–Kier alpha value is -2.24. The first-order chi connectivity index (χ1) is 11.2. The molecule has 3 rings (SSSR count). The van der Waals surface area contributed by atoms with E-state index in [1.54, 1.807) is 11.3 Å².